The fourth-order valence-electron chi connectivity index (χ4n) is 0.610. The highest BCUT2D eigenvalue weighted by molar-refractivity contribution is 5.81. The number of ether oxygens (including phenoxy) is 3. The van der Waals surface area contributed by atoms with Crippen molar-refractivity contribution in [3.8, 4) is 0 Å². The highest BCUT2D eigenvalue weighted by Gasteiger charge is 1.99. The van der Waals surface area contributed by atoms with Gasteiger partial charge in [-0.1, -0.05) is 0 Å². The van der Waals surface area contributed by atoms with E-state index < -0.39 is 12.1 Å². The van der Waals surface area contributed by atoms with Gasteiger partial charge in [-0.2, -0.15) is 0 Å². The summed E-state index contributed by atoms with van der Waals surface area (Å²) in [7, 11) is 0. The Hall–Kier alpha value is -1.52. The van der Waals surface area contributed by atoms with Crippen LogP contribution in [0.4, 0.5) is 4.79 Å². The van der Waals surface area contributed by atoms with E-state index in [0.717, 1.165) is 0 Å². The summed E-state index contributed by atoms with van der Waals surface area (Å²) in [4.78, 5) is 21.4. The number of carbonyl (C=O) groups excluding carboxylic acids is 2. The van der Waals surface area contributed by atoms with Gasteiger partial charge in [-0.3, -0.25) is 0 Å². The Labute approximate surface area is 82.6 Å². The molecule has 0 N–H and O–H groups in total. The zero-order valence-electron chi connectivity index (χ0n) is 8.32. The molecule has 5 heteroatoms. The average Bonchev–Trinajstić information content (AvgIpc) is 2.13. The van der Waals surface area contributed by atoms with Crippen LogP contribution >= 0.6 is 0 Å². The molecule has 0 aliphatic rings. The van der Waals surface area contributed by atoms with Crippen molar-refractivity contribution >= 4 is 12.1 Å². The molecule has 0 aromatic carbocycles. The van der Waals surface area contributed by atoms with Gasteiger partial charge in [0.25, 0.3) is 0 Å². The van der Waals surface area contributed by atoms with Crippen LogP contribution in [0.1, 0.15) is 13.8 Å². The van der Waals surface area contributed by atoms with Crippen molar-refractivity contribution in [1.82, 2.24) is 0 Å². The molecule has 0 radical (unpaired) electrons. The monoisotopic (exact) mass is 202 g/mol. The second kappa shape index (κ2) is 8.10. The van der Waals surface area contributed by atoms with E-state index in [-0.39, 0.29) is 13.2 Å². The molecule has 0 aromatic heterocycles. The predicted octanol–water partition coefficient (Wildman–Crippen LogP) is 1.28. The lowest BCUT2D eigenvalue weighted by molar-refractivity contribution is -0.137. The molecule has 0 fully saturated rings. The van der Waals surface area contributed by atoms with Crippen molar-refractivity contribution in [3.63, 3.8) is 0 Å². The molecular formula is C9H14O5. The number of carbonyl (C=O) groups is 2. The van der Waals surface area contributed by atoms with E-state index in [1.54, 1.807) is 13.8 Å². The van der Waals surface area contributed by atoms with Gasteiger partial charge in [-0.25, -0.2) is 9.59 Å². The van der Waals surface area contributed by atoms with Gasteiger partial charge in [0.2, 0.25) is 0 Å². The molecule has 14 heavy (non-hydrogen) atoms. The molecule has 0 spiro atoms. The summed E-state index contributed by atoms with van der Waals surface area (Å²) in [6, 6.07) is 0. The molecule has 0 saturated carbocycles. The van der Waals surface area contributed by atoms with E-state index in [2.05, 4.69) is 14.2 Å². The van der Waals surface area contributed by atoms with Crippen molar-refractivity contribution in [3.05, 3.63) is 12.2 Å². The molecule has 0 heterocycles. The van der Waals surface area contributed by atoms with Gasteiger partial charge < -0.3 is 14.2 Å². The number of hydrogen-bond donors (Lipinski definition) is 0. The summed E-state index contributed by atoms with van der Waals surface area (Å²) in [6.07, 6.45) is 1.83. The van der Waals surface area contributed by atoms with E-state index >= 15 is 0 Å². The number of esters is 1. The third kappa shape index (κ3) is 7.15. The van der Waals surface area contributed by atoms with E-state index in [0.29, 0.717) is 6.61 Å². The van der Waals surface area contributed by atoms with Crippen molar-refractivity contribution in [2.45, 2.75) is 13.8 Å². The standard InChI is InChI=1S/C9H14O5/c1-3-12-8(10)6-5-7-14-9(11)13-4-2/h5-6H,3-4,7H2,1-2H3/b6-5+. The highest BCUT2D eigenvalue weighted by Crippen LogP contribution is 1.87. The van der Waals surface area contributed by atoms with Crippen molar-refractivity contribution in [2.24, 2.45) is 0 Å². The summed E-state index contributed by atoms with van der Waals surface area (Å²) >= 11 is 0. The van der Waals surface area contributed by atoms with Crippen LogP contribution in [0.5, 0.6) is 0 Å². The first kappa shape index (κ1) is 12.5. The first-order chi connectivity index (χ1) is 6.70. The van der Waals surface area contributed by atoms with Crippen LogP contribution in [-0.4, -0.2) is 31.9 Å². The Morgan fingerprint density at radius 3 is 2.29 bits per heavy atom. The molecule has 0 unspecified atom stereocenters. The number of rotatable bonds is 5. The summed E-state index contributed by atoms with van der Waals surface area (Å²) in [5.41, 5.74) is 0. The molecule has 0 aliphatic heterocycles. The van der Waals surface area contributed by atoms with Crippen LogP contribution in [0.25, 0.3) is 0 Å². The SMILES string of the molecule is CCOC(=O)/C=C/COC(=O)OCC. The Bertz CT molecular complexity index is 209. The second-order valence-corrected chi connectivity index (χ2v) is 2.15. The third-order valence-electron chi connectivity index (χ3n) is 1.10. The molecule has 0 saturated heterocycles. The topological polar surface area (TPSA) is 61.8 Å². The van der Waals surface area contributed by atoms with Crippen LogP contribution in [0.15, 0.2) is 12.2 Å². The summed E-state index contributed by atoms with van der Waals surface area (Å²) < 4.78 is 13.6. The van der Waals surface area contributed by atoms with E-state index in [9.17, 15) is 9.59 Å². The van der Waals surface area contributed by atoms with Crippen molar-refractivity contribution < 1.29 is 23.8 Å². The van der Waals surface area contributed by atoms with Gasteiger partial charge in [0.05, 0.1) is 13.2 Å². The lowest BCUT2D eigenvalue weighted by Gasteiger charge is -2.00. The fourth-order valence-corrected chi connectivity index (χ4v) is 0.610. The largest absolute Gasteiger partial charge is 0.508 e. The number of hydrogen-bond acceptors (Lipinski definition) is 5. The van der Waals surface area contributed by atoms with Crippen LogP contribution in [0, 0.1) is 0 Å². The fraction of sp³-hybridized carbons (Fsp3) is 0.556. The lowest BCUT2D eigenvalue weighted by atomic mass is 10.5. The van der Waals surface area contributed by atoms with E-state index in [1.165, 1.54) is 12.2 Å². The van der Waals surface area contributed by atoms with Gasteiger partial charge in [-0.05, 0) is 19.9 Å². The zero-order chi connectivity index (χ0) is 10.8. The molecule has 0 aromatic rings. The maximum Gasteiger partial charge on any atom is 0.508 e. The normalized spacial score (nSPS) is 9.86. The average molecular weight is 202 g/mol. The van der Waals surface area contributed by atoms with Crippen LogP contribution in [0.3, 0.4) is 0 Å². The molecule has 0 amide bonds. The van der Waals surface area contributed by atoms with Gasteiger partial charge >= 0.3 is 12.1 Å². The summed E-state index contributed by atoms with van der Waals surface area (Å²) in [5, 5.41) is 0. The summed E-state index contributed by atoms with van der Waals surface area (Å²) in [6.45, 7) is 3.97. The molecule has 5 nitrogen and oxygen atoms in total. The minimum Gasteiger partial charge on any atom is -0.463 e. The Morgan fingerprint density at radius 1 is 1.07 bits per heavy atom. The lowest BCUT2D eigenvalue weighted by Crippen LogP contribution is -2.07. The molecule has 0 atom stereocenters. The minimum atomic E-state index is -0.749. The van der Waals surface area contributed by atoms with Gasteiger partial charge in [0.1, 0.15) is 6.61 Å². The highest BCUT2D eigenvalue weighted by atomic mass is 16.7. The molecule has 0 aliphatic carbocycles. The van der Waals surface area contributed by atoms with Gasteiger partial charge in [-0.15, -0.1) is 0 Å². The summed E-state index contributed by atoms with van der Waals surface area (Å²) in [5.74, 6) is -0.458. The van der Waals surface area contributed by atoms with Gasteiger partial charge in [0.15, 0.2) is 0 Å². The van der Waals surface area contributed by atoms with Gasteiger partial charge in [0, 0.05) is 6.08 Å². The van der Waals surface area contributed by atoms with Crippen LogP contribution < -0.4 is 0 Å². The van der Waals surface area contributed by atoms with Crippen molar-refractivity contribution in [1.29, 1.82) is 0 Å². The van der Waals surface area contributed by atoms with E-state index in [1.807, 2.05) is 0 Å². The van der Waals surface area contributed by atoms with Crippen LogP contribution in [-0.2, 0) is 19.0 Å². The molecule has 0 bridgehead atoms. The van der Waals surface area contributed by atoms with Crippen molar-refractivity contribution in [2.75, 3.05) is 19.8 Å². The zero-order valence-corrected chi connectivity index (χ0v) is 8.32. The smallest absolute Gasteiger partial charge is 0.463 e. The first-order valence-electron chi connectivity index (χ1n) is 4.33. The molecule has 0 rings (SSSR count). The minimum absolute atomic E-state index is 0.00233. The third-order valence-corrected chi connectivity index (χ3v) is 1.10. The maximum atomic E-state index is 10.7. The molecular weight excluding hydrogens is 188 g/mol. The second-order valence-electron chi connectivity index (χ2n) is 2.15. The van der Waals surface area contributed by atoms with Crippen LogP contribution in [0.2, 0.25) is 0 Å². The Kier molecular flexibility index (Phi) is 7.22. The Morgan fingerprint density at radius 2 is 1.71 bits per heavy atom. The first-order valence-corrected chi connectivity index (χ1v) is 4.33. The molecule has 80 valence electrons. The predicted molar refractivity (Wildman–Crippen MR) is 48.7 cm³/mol. The maximum absolute atomic E-state index is 10.7. The van der Waals surface area contributed by atoms with E-state index in [4.69, 9.17) is 0 Å². The Balaban J connectivity index is 3.52. The quantitative estimate of drug-likeness (QED) is 0.496.